The van der Waals surface area contributed by atoms with Crippen molar-refractivity contribution < 1.29 is 13.5 Å². The van der Waals surface area contributed by atoms with Gasteiger partial charge in [-0.05, 0) is 24.2 Å². The molecule has 0 aromatic heterocycles. The number of rotatable bonds is 4. The molecule has 2 N–H and O–H groups in total. The largest absolute Gasteiger partial charge is 0.379 e. The van der Waals surface area contributed by atoms with Crippen LogP contribution in [0.1, 0.15) is 46.5 Å². The van der Waals surface area contributed by atoms with E-state index in [0.29, 0.717) is 12.8 Å². The maximum Gasteiger partial charge on any atom is 0.248 e. The summed E-state index contributed by atoms with van der Waals surface area (Å²) in [4.78, 5) is 0. The van der Waals surface area contributed by atoms with Crippen LogP contribution < -0.4 is 5.73 Å². The molecule has 0 saturated heterocycles. The lowest BCUT2D eigenvalue weighted by atomic mass is 9.81. The third-order valence-corrected chi connectivity index (χ3v) is 3.61. The smallest absolute Gasteiger partial charge is 0.248 e. The summed E-state index contributed by atoms with van der Waals surface area (Å²) in [5, 5.41) is 0. The Morgan fingerprint density at radius 3 is 2.35 bits per heavy atom. The van der Waals surface area contributed by atoms with E-state index in [1.807, 2.05) is 0 Å². The number of methoxy groups -OCH3 is 1. The van der Waals surface area contributed by atoms with Crippen molar-refractivity contribution in [3.63, 3.8) is 0 Å². The van der Waals surface area contributed by atoms with Gasteiger partial charge in [-0.25, -0.2) is 8.78 Å². The van der Waals surface area contributed by atoms with Crippen LogP contribution in [0.5, 0.6) is 0 Å². The number of hydrogen-bond acceptors (Lipinski definition) is 2. The van der Waals surface area contributed by atoms with Crippen molar-refractivity contribution in [1.82, 2.24) is 0 Å². The van der Waals surface area contributed by atoms with Crippen molar-refractivity contribution in [2.24, 2.45) is 17.1 Å². The van der Waals surface area contributed by atoms with E-state index in [-0.39, 0.29) is 36.3 Å². The molecule has 0 heterocycles. The maximum absolute atomic E-state index is 13.1. The van der Waals surface area contributed by atoms with Crippen molar-refractivity contribution in [3.05, 3.63) is 0 Å². The second kappa shape index (κ2) is 5.19. The lowest BCUT2D eigenvalue weighted by molar-refractivity contribution is -0.0129. The highest BCUT2D eigenvalue weighted by atomic mass is 19.3. The molecule has 17 heavy (non-hydrogen) atoms. The standard InChI is InChI=1S/C13H25F2NO/c1-12(2,3)11(17-4)10(16)7-9-5-6-13(14,15)8-9/h9-11H,5-8,16H2,1-4H3. The molecule has 3 atom stereocenters. The minimum atomic E-state index is -2.48. The van der Waals surface area contributed by atoms with Gasteiger partial charge in [0.15, 0.2) is 0 Å². The molecule has 0 bridgehead atoms. The van der Waals surface area contributed by atoms with E-state index in [0.717, 1.165) is 0 Å². The van der Waals surface area contributed by atoms with Gasteiger partial charge in [0, 0.05) is 26.0 Å². The van der Waals surface area contributed by atoms with Crippen molar-refractivity contribution in [3.8, 4) is 0 Å². The van der Waals surface area contributed by atoms with E-state index in [1.165, 1.54) is 0 Å². The van der Waals surface area contributed by atoms with Crippen LogP contribution in [0, 0.1) is 11.3 Å². The highest BCUT2D eigenvalue weighted by Gasteiger charge is 2.41. The van der Waals surface area contributed by atoms with Crippen LogP contribution in [0.15, 0.2) is 0 Å². The average molecular weight is 249 g/mol. The highest BCUT2D eigenvalue weighted by Crippen LogP contribution is 2.41. The van der Waals surface area contributed by atoms with Crippen molar-refractivity contribution in [1.29, 1.82) is 0 Å². The van der Waals surface area contributed by atoms with Crippen LogP contribution in [0.2, 0.25) is 0 Å². The Balaban J connectivity index is 2.51. The number of alkyl halides is 2. The average Bonchev–Trinajstić information content (AvgIpc) is 2.43. The normalized spacial score (nSPS) is 28.1. The summed E-state index contributed by atoms with van der Waals surface area (Å²) in [5.74, 6) is -2.44. The molecule has 1 aliphatic carbocycles. The van der Waals surface area contributed by atoms with E-state index >= 15 is 0 Å². The predicted molar refractivity (Wildman–Crippen MR) is 65.1 cm³/mol. The molecule has 0 aromatic carbocycles. The molecule has 0 radical (unpaired) electrons. The Morgan fingerprint density at radius 2 is 2.00 bits per heavy atom. The molecule has 0 aromatic rings. The summed E-state index contributed by atoms with van der Waals surface area (Å²) in [7, 11) is 1.64. The predicted octanol–water partition coefficient (Wildman–Crippen LogP) is 3.20. The van der Waals surface area contributed by atoms with Crippen LogP contribution >= 0.6 is 0 Å². The fraction of sp³-hybridized carbons (Fsp3) is 1.00. The minimum Gasteiger partial charge on any atom is -0.379 e. The summed E-state index contributed by atoms with van der Waals surface area (Å²) >= 11 is 0. The van der Waals surface area contributed by atoms with Crippen LogP contribution in [-0.2, 0) is 4.74 Å². The van der Waals surface area contributed by atoms with Gasteiger partial charge in [0.2, 0.25) is 5.92 Å². The fourth-order valence-corrected chi connectivity index (χ4v) is 2.92. The van der Waals surface area contributed by atoms with E-state index in [9.17, 15) is 8.78 Å². The summed E-state index contributed by atoms with van der Waals surface area (Å²) in [6.07, 6.45) is 1.13. The van der Waals surface area contributed by atoms with E-state index in [2.05, 4.69) is 20.8 Å². The fourth-order valence-electron chi connectivity index (χ4n) is 2.92. The van der Waals surface area contributed by atoms with Gasteiger partial charge >= 0.3 is 0 Å². The third kappa shape index (κ3) is 4.18. The van der Waals surface area contributed by atoms with Gasteiger partial charge in [0.1, 0.15) is 0 Å². The van der Waals surface area contributed by atoms with Gasteiger partial charge in [0.25, 0.3) is 0 Å². The first-order valence-electron chi connectivity index (χ1n) is 6.32. The van der Waals surface area contributed by atoms with Gasteiger partial charge in [-0.15, -0.1) is 0 Å². The summed E-state index contributed by atoms with van der Waals surface area (Å²) in [6, 6.07) is -0.168. The first kappa shape index (κ1) is 14.8. The molecule has 2 nitrogen and oxygen atoms in total. The Morgan fingerprint density at radius 1 is 1.41 bits per heavy atom. The van der Waals surface area contributed by atoms with Crippen molar-refractivity contribution >= 4 is 0 Å². The Labute approximate surface area is 103 Å². The first-order chi connectivity index (χ1) is 7.65. The van der Waals surface area contributed by atoms with Crippen molar-refractivity contribution in [2.45, 2.75) is 64.5 Å². The molecule has 3 unspecified atom stereocenters. The lowest BCUT2D eigenvalue weighted by Crippen LogP contribution is -2.45. The molecule has 102 valence electrons. The number of halogens is 2. The van der Waals surface area contributed by atoms with Gasteiger partial charge < -0.3 is 10.5 Å². The molecule has 0 spiro atoms. The molecular weight excluding hydrogens is 224 g/mol. The van der Waals surface area contributed by atoms with Gasteiger partial charge in [0.05, 0.1) is 6.10 Å². The zero-order chi connectivity index (χ0) is 13.3. The van der Waals surface area contributed by atoms with Crippen LogP contribution in [-0.4, -0.2) is 25.2 Å². The minimum absolute atomic E-state index is 0.0115. The molecule has 1 saturated carbocycles. The van der Waals surface area contributed by atoms with Gasteiger partial charge in [-0.1, -0.05) is 20.8 Å². The van der Waals surface area contributed by atoms with E-state index in [4.69, 9.17) is 10.5 Å². The Bertz CT molecular complexity index is 250. The van der Waals surface area contributed by atoms with Crippen LogP contribution in [0.3, 0.4) is 0 Å². The molecule has 0 aliphatic heterocycles. The second-order valence-corrected chi connectivity index (χ2v) is 6.39. The summed E-state index contributed by atoms with van der Waals surface area (Å²) < 4.78 is 31.6. The Hall–Kier alpha value is -0.220. The van der Waals surface area contributed by atoms with Gasteiger partial charge in [-0.2, -0.15) is 0 Å². The summed E-state index contributed by atoms with van der Waals surface area (Å²) in [5.41, 5.74) is 6.05. The molecule has 0 amide bonds. The quantitative estimate of drug-likeness (QED) is 0.830. The third-order valence-electron chi connectivity index (χ3n) is 3.61. The molecular formula is C13H25F2NO. The monoisotopic (exact) mass is 249 g/mol. The Kier molecular flexibility index (Phi) is 4.53. The van der Waals surface area contributed by atoms with E-state index in [1.54, 1.807) is 7.11 Å². The number of ether oxygens (including phenoxy) is 1. The zero-order valence-corrected chi connectivity index (χ0v) is 11.3. The van der Waals surface area contributed by atoms with Crippen LogP contribution in [0.4, 0.5) is 8.78 Å². The molecule has 1 fully saturated rings. The van der Waals surface area contributed by atoms with Gasteiger partial charge in [-0.3, -0.25) is 0 Å². The van der Waals surface area contributed by atoms with Crippen LogP contribution in [0.25, 0.3) is 0 Å². The second-order valence-electron chi connectivity index (χ2n) is 6.39. The number of hydrogen-bond donors (Lipinski definition) is 1. The topological polar surface area (TPSA) is 35.2 Å². The van der Waals surface area contributed by atoms with E-state index < -0.39 is 5.92 Å². The SMILES string of the molecule is COC(C(N)CC1CCC(F)(F)C1)C(C)(C)C. The lowest BCUT2D eigenvalue weighted by Gasteiger charge is -2.35. The molecule has 4 heteroatoms. The highest BCUT2D eigenvalue weighted by molar-refractivity contribution is 4.89. The zero-order valence-electron chi connectivity index (χ0n) is 11.3. The first-order valence-corrected chi connectivity index (χ1v) is 6.32. The molecule has 1 rings (SSSR count). The summed E-state index contributed by atoms with van der Waals surface area (Å²) in [6.45, 7) is 6.18. The van der Waals surface area contributed by atoms with Crippen molar-refractivity contribution in [2.75, 3.05) is 7.11 Å². The number of nitrogens with two attached hydrogens (primary N) is 1. The maximum atomic E-state index is 13.1. The molecule has 1 aliphatic rings.